The van der Waals surface area contributed by atoms with Crippen molar-refractivity contribution < 1.29 is 36.9 Å². The van der Waals surface area contributed by atoms with Crippen LogP contribution in [-0.4, -0.2) is 41.6 Å². The van der Waals surface area contributed by atoms with Crippen LogP contribution in [-0.2, 0) is 0 Å². The van der Waals surface area contributed by atoms with Gasteiger partial charge in [0, 0.05) is 6.07 Å². The largest absolute Gasteiger partial charge is 0.573 e. The molecular weight excluding hydrogens is 360 g/mol. The summed E-state index contributed by atoms with van der Waals surface area (Å²) < 4.78 is 59.3. The number of aromatic carboxylic acids is 1. The fourth-order valence-corrected chi connectivity index (χ4v) is 2.46. The van der Waals surface area contributed by atoms with E-state index in [1.165, 1.54) is 17.0 Å². The van der Waals surface area contributed by atoms with Gasteiger partial charge in [0.15, 0.2) is 0 Å². The minimum atomic E-state index is -4.80. The fourth-order valence-electron chi connectivity index (χ4n) is 2.46. The summed E-state index contributed by atoms with van der Waals surface area (Å²) in [7, 11) is 0. The Morgan fingerprint density at radius 1 is 1.19 bits per heavy atom. The van der Waals surface area contributed by atoms with E-state index in [1.807, 2.05) is 0 Å². The molecule has 1 fully saturated rings. The normalized spacial score (nSPS) is 14.7. The molecule has 1 aliphatic rings. The maximum Gasteiger partial charge on any atom is 0.573 e. The topological polar surface area (TPSA) is 71.9 Å². The maximum absolute atomic E-state index is 13.3. The number of rotatable bonds is 5. The minimum absolute atomic E-state index is 0.0218. The molecule has 0 spiro atoms. The first-order chi connectivity index (χ1) is 12.2. The van der Waals surface area contributed by atoms with E-state index in [2.05, 4.69) is 9.72 Å². The molecular formula is C16H12F4N2O4. The summed E-state index contributed by atoms with van der Waals surface area (Å²) in [5.41, 5.74) is -0.148. The molecule has 1 N–H and O–H groups in total. The van der Waals surface area contributed by atoms with E-state index in [0.29, 0.717) is 0 Å². The van der Waals surface area contributed by atoms with Crippen LogP contribution in [0.1, 0.15) is 10.4 Å². The van der Waals surface area contributed by atoms with Gasteiger partial charge >= 0.3 is 12.3 Å². The highest BCUT2D eigenvalue weighted by Gasteiger charge is 2.33. The lowest BCUT2D eigenvalue weighted by Gasteiger charge is -2.40. The second kappa shape index (κ2) is 6.70. The lowest BCUT2D eigenvalue weighted by atomic mass is 10.1. The average molecular weight is 372 g/mol. The average Bonchev–Trinajstić information content (AvgIpc) is 2.48. The zero-order valence-electron chi connectivity index (χ0n) is 13.0. The number of carboxylic acids is 1. The van der Waals surface area contributed by atoms with E-state index in [4.69, 9.17) is 9.84 Å². The van der Waals surface area contributed by atoms with E-state index in [9.17, 15) is 22.4 Å². The smallest absolute Gasteiger partial charge is 0.487 e. The van der Waals surface area contributed by atoms with E-state index in [0.717, 1.165) is 24.3 Å². The van der Waals surface area contributed by atoms with Crippen molar-refractivity contribution in [3.63, 3.8) is 0 Å². The van der Waals surface area contributed by atoms with Crippen LogP contribution >= 0.6 is 0 Å². The molecule has 0 atom stereocenters. The maximum atomic E-state index is 13.3. The lowest BCUT2D eigenvalue weighted by Crippen LogP contribution is -2.54. The quantitative estimate of drug-likeness (QED) is 0.643. The van der Waals surface area contributed by atoms with Gasteiger partial charge in [-0.25, -0.2) is 9.78 Å². The van der Waals surface area contributed by atoms with Crippen molar-refractivity contribution in [2.45, 2.75) is 12.5 Å². The van der Waals surface area contributed by atoms with Crippen molar-refractivity contribution in [3.05, 3.63) is 47.9 Å². The van der Waals surface area contributed by atoms with Gasteiger partial charge in [-0.15, -0.1) is 13.2 Å². The fraction of sp³-hybridized carbons (Fsp3) is 0.250. The predicted octanol–water partition coefficient (Wildman–Crippen LogP) is 3.09. The number of hydrogen-bond acceptors (Lipinski definition) is 5. The molecule has 3 rings (SSSR count). The van der Waals surface area contributed by atoms with Gasteiger partial charge in [-0.05, 0) is 24.3 Å². The highest BCUT2D eigenvalue weighted by Crippen LogP contribution is 2.29. The van der Waals surface area contributed by atoms with Gasteiger partial charge in [-0.2, -0.15) is 4.39 Å². The monoisotopic (exact) mass is 372 g/mol. The van der Waals surface area contributed by atoms with Crippen LogP contribution in [0.2, 0.25) is 0 Å². The van der Waals surface area contributed by atoms with Gasteiger partial charge < -0.3 is 19.5 Å². The van der Waals surface area contributed by atoms with E-state index >= 15 is 0 Å². The van der Waals surface area contributed by atoms with Crippen molar-refractivity contribution in [1.82, 2.24) is 4.98 Å². The molecule has 138 valence electrons. The summed E-state index contributed by atoms with van der Waals surface area (Å²) in [6.07, 6.45) is -5.22. The number of anilines is 1. The van der Waals surface area contributed by atoms with Crippen LogP contribution < -0.4 is 14.4 Å². The third-order valence-electron chi connectivity index (χ3n) is 3.56. The number of pyridine rings is 1. The molecule has 26 heavy (non-hydrogen) atoms. The molecule has 0 aliphatic carbocycles. The Morgan fingerprint density at radius 3 is 2.54 bits per heavy atom. The highest BCUT2D eigenvalue weighted by atomic mass is 19.4. The third kappa shape index (κ3) is 4.13. The number of hydrogen-bond donors (Lipinski definition) is 1. The number of carboxylic acid groups (broad SMARTS) is 1. The summed E-state index contributed by atoms with van der Waals surface area (Å²) in [5.74, 6) is -2.32. The number of benzene rings is 1. The standard InChI is InChI=1S/C16H12F4N2O4/c17-13-5-4-12(15(23)24)14(21-13)22-7-11(8-22)25-9-2-1-3-10(6-9)26-16(18,19)20/h1-6,11H,7-8H2,(H,23,24). The number of alkyl halides is 3. The molecule has 1 aliphatic heterocycles. The predicted molar refractivity (Wildman–Crippen MR) is 80.9 cm³/mol. The van der Waals surface area contributed by atoms with Gasteiger partial charge in [0.2, 0.25) is 5.95 Å². The number of ether oxygens (including phenoxy) is 2. The van der Waals surface area contributed by atoms with Crippen molar-refractivity contribution in [3.8, 4) is 11.5 Å². The van der Waals surface area contributed by atoms with Crippen LogP contribution in [0.15, 0.2) is 36.4 Å². The third-order valence-corrected chi connectivity index (χ3v) is 3.56. The Balaban J connectivity index is 1.64. The second-order valence-corrected chi connectivity index (χ2v) is 5.48. The number of carbonyl (C=O) groups is 1. The van der Waals surface area contributed by atoms with Gasteiger partial charge in [0.25, 0.3) is 0 Å². The van der Waals surface area contributed by atoms with Crippen LogP contribution in [0.4, 0.5) is 23.4 Å². The first kappa shape index (κ1) is 17.8. The van der Waals surface area contributed by atoms with E-state index < -0.39 is 30.1 Å². The van der Waals surface area contributed by atoms with Crippen LogP contribution in [0.3, 0.4) is 0 Å². The highest BCUT2D eigenvalue weighted by molar-refractivity contribution is 5.93. The molecule has 6 nitrogen and oxygen atoms in total. The molecule has 1 aromatic heterocycles. The summed E-state index contributed by atoms with van der Waals surface area (Å²) in [6, 6.07) is 7.13. The number of halogens is 4. The molecule has 0 radical (unpaired) electrons. The van der Waals surface area contributed by atoms with Crippen molar-refractivity contribution in [2.24, 2.45) is 0 Å². The van der Waals surface area contributed by atoms with Crippen LogP contribution in [0.25, 0.3) is 0 Å². The number of nitrogens with zero attached hydrogens (tertiary/aromatic N) is 2. The van der Waals surface area contributed by atoms with Crippen molar-refractivity contribution in [1.29, 1.82) is 0 Å². The molecule has 1 aromatic carbocycles. The van der Waals surface area contributed by atoms with Crippen LogP contribution in [0, 0.1) is 5.95 Å². The van der Waals surface area contributed by atoms with E-state index in [1.54, 1.807) is 0 Å². The Hall–Kier alpha value is -3.04. The van der Waals surface area contributed by atoms with Gasteiger partial charge in [0.05, 0.1) is 13.1 Å². The molecule has 2 aromatic rings. The van der Waals surface area contributed by atoms with E-state index in [-0.39, 0.29) is 30.2 Å². The molecule has 0 unspecified atom stereocenters. The Morgan fingerprint density at radius 2 is 1.88 bits per heavy atom. The van der Waals surface area contributed by atoms with Crippen molar-refractivity contribution in [2.75, 3.05) is 18.0 Å². The number of aromatic nitrogens is 1. The Labute approximate surface area is 144 Å². The zero-order valence-corrected chi connectivity index (χ0v) is 13.0. The summed E-state index contributed by atoms with van der Waals surface area (Å²) in [5, 5.41) is 9.12. The van der Waals surface area contributed by atoms with Crippen molar-refractivity contribution >= 4 is 11.8 Å². The molecule has 2 heterocycles. The molecule has 0 bridgehead atoms. The summed E-state index contributed by atoms with van der Waals surface area (Å²) in [4.78, 5) is 16.3. The SMILES string of the molecule is O=C(O)c1ccc(F)nc1N1CC(Oc2cccc(OC(F)(F)F)c2)C1. The molecule has 0 amide bonds. The first-order valence-corrected chi connectivity index (χ1v) is 7.38. The molecule has 10 heteroatoms. The first-order valence-electron chi connectivity index (χ1n) is 7.38. The van der Waals surface area contributed by atoms with Crippen LogP contribution in [0.5, 0.6) is 11.5 Å². The molecule has 0 saturated carbocycles. The Kier molecular flexibility index (Phi) is 4.58. The van der Waals surface area contributed by atoms with Gasteiger partial charge in [-0.1, -0.05) is 6.07 Å². The zero-order chi connectivity index (χ0) is 18.9. The lowest BCUT2D eigenvalue weighted by molar-refractivity contribution is -0.274. The summed E-state index contributed by atoms with van der Waals surface area (Å²) >= 11 is 0. The summed E-state index contributed by atoms with van der Waals surface area (Å²) in [6.45, 7) is 0.419. The second-order valence-electron chi connectivity index (χ2n) is 5.48. The molecule has 1 saturated heterocycles. The Bertz CT molecular complexity index is 822. The van der Waals surface area contributed by atoms with Gasteiger partial charge in [-0.3, -0.25) is 0 Å². The minimum Gasteiger partial charge on any atom is -0.487 e. The van der Waals surface area contributed by atoms with Gasteiger partial charge in [0.1, 0.15) is 29.0 Å².